The lowest BCUT2D eigenvalue weighted by molar-refractivity contribution is -0.149. The Balaban J connectivity index is 1.38. The highest BCUT2D eigenvalue weighted by molar-refractivity contribution is 5.85. The molecule has 2 aliphatic rings. The van der Waals surface area contributed by atoms with Gasteiger partial charge in [0.05, 0.1) is 23.7 Å². The second-order valence-corrected chi connectivity index (χ2v) is 10.8. The van der Waals surface area contributed by atoms with Gasteiger partial charge in [-0.05, 0) is 38.5 Å². The molecule has 4 atom stereocenters. The Bertz CT molecular complexity index is 640. The molecule has 0 saturated heterocycles. The van der Waals surface area contributed by atoms with Crippen molar-refractivity contribution in [3.05, 3.63) is 0 Å². The van der Waals surface area contributed by atoms with E-state index in [0.717, 1.165) is 64.2 Å². The molecule has 0 heterocycles. The molecule has 0 unspecified atom stereocenters. The van der Waals surface area contributed by atoms with Gasteiger partial charge < -0.3 is 20.8 Å². The number of carbonyl (C=O) groups excluding carboxylic acids is 2. The molecule has 36 heavy (non-hydrogen) atoms. The fourth-order valence-corrected chi connectivity index (χ4v) is 5.83. The van der Waals surface area contributed by atoms with Crippen LogP contribution in [0.4, 0.5) is 0 Å². The van der Waals surface area contributed by atoms with Crippen LogP contribution < -0.4 is 10.6 Å². The van der Waals surface area contributed by atoms with Gasteiger partial charge >= 0.3 is 11.9 Å². The van der Waals surface area contributed by atoms with Crippen molar-refractivity contribution >= 4 is 23.8 Å². The maximum absolute atomic E-state index is 12.3. The molecule has 2 fully saturated rings. The van der Waals surface area contributed by atoms with Gasteiger partial charge in [-0.15, -0.1) is 0 Å². The first kappa shape index (κ1) is 30.1. The van der Waals surface area contributed by atoms with Gasteiger partial charge in [-0.25, -0.2) is 0 Å². The average molecular weight is 509 g/mol. The number of carbonyl (C=O) groups is 4. The number of amides is 2. The molecule has 0 aromatic heterocycles. The van der Waals surface area contributed by atoms with E-state index in [2.05, 4.69) is 10.6 Å². The Morgan fingerprint density at radius 3 is 1.06 bits per heavy atom. The predicted molar refractivity (Wildman–Crippen MR) is 138 cm³/mol. The number of rotatable bonds is 17. The molecule has 4 N–H and O–H groups in total. The first-order chi connectivity index (χ1) is 17.4. The van der Waals surface area contributed by atoms with Gasteiger partial charge in [-0.3, -0.25) is 19.2 Å². The molecule has 0 bridgehead atoms. The van der Waals surface area contributed by atoms with Crippen LogP contribution in [0.15, 0.2) is 0 Å². The molecule has 0 aliphatic heterocycles. The van der Waals surface area contributed by atoms with E-state index < -0.39 is 23.8 Å². The molecule has 8 nitrogen and oxygen atoms in total. The SMILES string of the molecule is O=C(O)[C@H]1CCCC[C@@H]1C(=O)NCCCCCCCCCCCCNC(=O)[C@H]1CCCC[C@H]1C(=O)O. The minimum Gasteiger partial charge on any atom is -0.481 e. The largest absolute Gasteiger partial charge is 0.481 e. The molecule has 8 heteroatoms. The van der Waals surface area contributed by atoms with Crippen molar-refractivity contribution < 1.29 is 29.4 Å². The monoisotopic (exact) mass is 508 g/mol. The lowest BCUT2D eigenvalue weighted by atomic mass is 9.78. The van der Waals surface area contributed by atoms with Crippen molar-refractivity contribution in [2.75, 3.05) is 13.1 Å². The van der Waals surface area contributed by atoms with Crippen molar-refractivity contribution in [3.63, 3.8) is 0 Å². The molecule has 2 rings (SSSR count). The molecule has 2 aliphatic carbocycles. The maximum atomic E-state index is 12.3. The van der Waals surface area contributed by atoms with E-state index in [0.29, 0.717) is 38.8 Å². The van der Waals surface area contributed by atoms with Crippen LogP contribution in [0.2, 0.25) is 0 Å². The van der Waals surface area contributed by atoms with Gasteiger partial charge in [0, 0.05) is 13.1 Å². The van der Waals surface area contributed by atoms with Crippen molar-refractivity contribution in [2.45, 2.75) is 116 Å². The zero-order valence-corrected chi connectivity index (χ0v) is 22.0. The third kappa shape index (κ3) is 10.9. The average Bonchev–Trinajstić information content (AvgIpc) is 2.88. The van der Waals surface area contributed by atoms with Crippen LogP contribution >= 0.6 is 0 Å². The zero-order valence-electron chi connectivity index (χ0n) is 22.0. The standard InChI is InChI=1S/C28H48N2O6/c31-25(21-15-9-11-17-23(21)27(33)34)29-19-13-7-5-3-1-2-4-6-8-14-20-30-26(32)22-16-10-12-18-24(22)28(35)36/h21-24H,1-20H2,(H,29,31)(H,30,32)(H,33,34)(H,35,36)/t21-,22-,23-,24+/m0/s1. The Morgan fingerprint density at radius 2 is 0.750 bits per heavy atom. The maximum Gasteiger partial charge on any atom is 0.307 e. The first-order valence-electron chi connectivity index (χ1n) is 14.4. The fourth-order valence-electron chi connectivity index (χ4n) is 5.83. The summed E-state index contributed by atoms with van der Waals surface area (Å²) < 4.78 is 0. The van der Waals surface area contributed by atoms with Gasteiger partial charge in [0.15, 0.2) is 0 Å². The highest BCUT2D eigenvalue weighted by atomic mass is 16.4. The van der Waals surface area contributed by atoms with E-state index in [9.17, 15) is 29.4 Å². The second-order valence-electron chi connectivity index (χ2n) is 10.8. The summed E-state index contributed by atoms with van der Waals surface area (Å²) in [5.74, 6) is -3.63. The topological polar surface area (TPSA) is 133 Å². The van der Waals surface area contributed by atoms with Crippen molar-refractivity contribution in [1.82, 2.24) is 10.6 Å². The van der Waals surface area contributed by atoms with Gasteiger partial charge in [0.25, 0.3) is 0 Å². The minimum atomic E-state index is -0.841. The van der Waals surface area contributed by atoms with Crippen LogP contribution in [0.5, 0.6) is 0 Å². The van der Waals surface area contributed by atoms with Crippen LogP contribution in [0, 0.1) is 23.7 Å². The molecular weight excluding hydrogens is 460 g/mol. The summed E-state index contributed by atoms with van der Waals surface area (Å²) in [5.41, 5.74) is 0. The van der Waals surface area contributed by atoms with E-state index in [1.54, 1.807) is 0 Å². The van der Waals surface area contributed by atoms with Gasteiger partial charge in [-0.2, -0.15) is 0 Å². The Kier molecular flexibility index (Phi) is 14.5. The number of aliphatic carboxylic acids is 2. The quantitative estimate of drug-likeness (QED) is 0.207. The van der Waals surface area contributed by atoms with E-state index in [-0.39, 0.29) is 23.7 Å². The van der Waals surface area contributed by atoms with Crippen LogP contribution in [-0.2, 0) is 19.2 Å². The van der Waals surface area contributed by atoms with Gasteiger partial charge in [0.1, 0.15) is 0 Å². The smallest absolute Gasteiger partial charge is 0.307 e. The third-order valence-electron chi connectivity index (χ3n) is 8.04. The van der Waals surface area contributed by atoms with Crippen LogP contribution in [0.1, 0.15) is 116 Å². The number of carboxylic acid groups (broad SMARTS) is 2. The number of nitrogens with one attached hydrogen (secondary N) is 2. The van der Waals surface area contributed by atoms with E-state index in [4.69, 9.17) is 0 Å². The fraction of sp³-hybridized carbons (Fsp3) is 0.857. The first-order valence-corrected chi connectivity index (χ1v) is 14.4. The molecular formula is C28H48N2O6. The van der Waals surface area contributed by atoms with Crippen molar-refractivity contribution in [3.8, 4) is 0 Å². The summed E-state index contributed by atoms with van der Waals surface area (Å²) in [6, 6.07) is 0. The van der Waals surface area contributed by atoms with Crippen LogP contribution in [0.3, 0.4) is 0 Å². The Labute approximate surface area is 216 Å². The van der Waals surface area contributed by atoms with Gasteiger partial charge in [-0.1, -0.05) is 77.0 Å². The normalized spacial score (nSPS) is 24.1. The summed E-state index contributed by atoms with van der Waals surface area (Å²) in [7, 11) is 0. The summed E-state index contributed by atoms with van der Waals surface area (Å²) in [4.78, 5) is 47.4. The third-order valence-corrected chi connectivity index (χ3v) is 8.04. The van der Waals surface area contributed by atoms with E-state index in [1.165, 1.54) is 25.7 Å². The Morgan fingerprint density at radius 1 is 0.472 bits per heavy atom. The minimum absolute atomic E-state index is 0.0832. The van der Waals surface area contributed by atoms with E-state index >= 15 is 0 Å². The molecule has 0 aromatic rings. The van der Waals surface area contributed by atoms with Gasteiger partial charge in [0.2, 0.25) is 11.8 Å². The summed E-state index contributed by atoms with van der Waals surface area (Å²) in [6.07, 6.45) is 17.4. The van der Waals surface area contributed by atoms with Crippen LogP contribution in [-0.4, -0.2) is 47.1 Å². The molecule has 0 radical (unpaired) electrons. The van der Waals surface area contributed by atoms with Crippen molar-refractivity contribution in [2.24, 2.45) is 23.7 Å². The zero-order chi connectivity index (χ0) is 26.2. The molecule has 206 valence electrons. The number of carboxylic acids is 2. The molecule has 0 aromatic carbocycles. The second kappa shape index (κ2) is 17.4. The number of hydrogen-bond acceptors (Lipinski definition) is 4. The predicted octanol–water partition coefficient (Wildman–Crippen LogP) is 4.90. The van der Waals surface area contributed by atoms with Crippen LogP contribution in [0.25, 0.3) is 0 Å². The van der Waals surface area contributed by atoms with E-state index in [1.807, 2.05) is 0 Å². The van der Waals surface area contributed by atoms with Crippen molar-refractivity contribution in [1.29, 1.82) is 0 Å². The summed E-state index contributed by atoms with van der Waals surface area (Å²) in [6.45, 7) is 1.27. The Hall–Kier alpha value is -2.12. The highest BCUT2D eigenvalue weighted by Gasteiger charge is 2.36. The molecule has 0 spiro atoms. The summed E-state index contributed by atoms with van der Waals surface area (Å²) >= 11 is 0. The highest BCUT2D eigenvalue weighted by Crippen LogP contribution is 2.31. The summed E-state index contributed by atoms with van der Waals surface area (Å²) in [5, 5.41) is 24.5. The lowest BCUT2D eigenvalue weighted by Gasteiger charge is -2.27. The molecule has 2 amide bonds. The lowest BCUT2D eigenvalue weighted by Crippen LogP contribution is -2.40. The molecule has 2 saturated carbocycles. The number of hydrogen-bond donors (Lipinski definition) is 4. The number of unbranched alkanes of at least 4 members (excludes halogenated alkanes) is 9.